The molecule has 33 heavy (non-hydrogen) atoms. The molecule has 1 aliphatic heterocycles. The molecule has 3 amide bonds. The lowest BCUT2D eigenvalue weighted by Gasteiger charge is -2.11. The Kier molecular flexibility index (Phi) is 8.48. The highest BCUT2D eigenvalue weighted by atomic mass is 32.2. The second kappa shape index (κ2) is 11.5. The van der Waals surface area contributed by atoms with Crippen molar-refractivity contribution in [1.82, 2.24) is 5.32 Å². The van der Waals surface area contributed by atoms with Crippen molar-refractivity contribution in [2.24, 2.45) is 4.99 Å². The molecule has 0 bridgehead atoms. The van der Waals surface area contributed by atoms with Gasteiger partial charge in [0.05, 0.1) is 25.7 Å². The Hall–Kier alpha value is -3.33. The fourth-order valence-corrected chi connectivity index (χ4v) is 4.32. The van der Waals surface area contributed by atoms with Crippen molar-refractivity contribution in [1.29, 1.82) is 0 Å². The van der Waals surface area contributed by atoms with Crippen molar-refractivity contribution in [3.63, 3.8) is 0 Å². The van der Waals surface area contributed by atoms with Gasteiger partial charge in [0.15, 0.2) is 11.5 Å². The summed E-state index contributed by atoms with van der Waals surface area (Å²) >= 11 is 1.18. The van der Waals surface area contributed by atoms with Crippen molar-refractivity contribution >= 4 is 40.2 Å². The summed E-state index contributed by atoms with van der Waals surface area (Å²) in [7, 11) is 3.15. The lowest BCUT2D eigenvalue weighted by atomic mass is 10.1. The highest BCUT2D eigenvalue weighted by molar-refractivity contribution is 8.15. The minimum atomic E-state index is -0.603. The van der Waals surface area contributed by atoms with E-state index in [0.29, 0.717) is 35.2 Å². The molecule has 0 fully saturated rings. The van der Waals surface area contributed by atoms with Gasteiger partial charge in [-0.2, -0.15) is 0 Å². The average Bonchev–Trinajstić information content (AvgIpc) is 3.13. The van der Waals surface area contributed by atoms with Gasteiger partial charge in [-0.05, 0) is 43.2 Å². The number of aryl methyl sites for hydroxylation is 1. The van der Waals surface area contributed by atoms with E-state index < -0.39 is 5.25 Å². The van der Waals surface area contributed by atoms with E-state index in [2.05, 4.69) is 15.6 Å². The zero-order valence-corrected chi connectivity index (χ0v) is 19.7. The van der Waals surface area contributed by atoms with Gasteiger partial charge in [0.1, 0.15) is 5.25 Å². The van der Waals surface area contributed by atoms with Crippen molar-refractivity contribution in [3.8, 4) is 11.5 Å². The number of methoxy groups -OCH3 is 2. The Morgan fingerprint density at radius 1 is 1.03 bits per heavy atom. The maximum absolute atomic E-state index is 12.3. The molecule has 0 radical (unpaired) electrons. The van der Waals surface area contributed by atoms with Crippen molar-refractivity contribution in [3.05, 3.63) is 53.6 Å². The number of ether oxygens (including phenoxy) is 2. The van der Waals surface area contributed by atoms with E-state index in [9.17, 15) is 14.4 Å². The summed E-state index contributed by atoms with van der Waals surface area (Å²) in [5.41, 5.74) is 2.77. The van der Waals surface area contributed by atoms with Crippen molar-refractivity contribution in [2.45, 2.75) is 31.4 Å². The van der Waals surface area contributed by atoms with Crippen LogP contribution in [0.2, 0.25) is 0 Å². The predicted molar refractivity (Wildman–Crippen MR) is 129 cm³/mol. The van der Waals surface area contributed by atoms with Crippen molar-refractivity contribution < 1.29 is 23.9 Å². The van der Waals surface area contributed by atoms with Gasteiger partial charge in [0.2, 0.25) is 11.8 Å². The molecular weight excluding hydrogens is 442 g/mol. The van der Waals surface area contributed by atoms with Crippen LogP contribution < -0.4 is 20.1 Å². The lowest BCUT2D eigenvalue weighted by Crippen LogP contribution is -2.29. The van der Waals surface area contributed by atoms with E-state index in [1.807, 2.05) is 49.4 Å². The molecule has 8 nitrogen and oxygen atoms in total. The standard InChI is InChI=1S/C24H27N3O5S/c1-15-4-7-17(8-5-15)26-22(29)14-23-27-24(30)20(33-23)13-21(28)25-11-10-16-6-9-18(31-2)19(12-16)32-3/h4-9,12,20H,10-11,13-14H2,1-3H3,(H,25,28)(H,26,29). The highest BCUT2D eigenvalue weighted by Crippen LogP contribution is 2.28. The maximum atomic E-state index is 12.3. The third-order valence-corrected chi connectivity index (χ3v) is 6.15. The maximum Gasteiger partial charge on any atom is 0.260 e. The number of rotatable bonds is 10. The van der Waals surface area contributed by atoms with Crippen LogP contribution in [0.25, 0.3) is 0 Å². The molecule has 174 valence electrons. The number of amides is 3. The smallest absolute Gasteiger partial charge is 0.260 e. The first-order chi connectivity index (χ1) is 15.9. The molecule has 3 rings (SSSR count). The zero-order chi connectivity index (χ0) is 23.8. The number of carbonyl (C=O) groups is 3. The first kappa shape index (κ1) is 24.3. The molecule has 0 saturated carbocycles. The molecule has 0 aliphatic carbocycles. The molecular formula is C24H27N3O5S. The normalized spacial score (nSPS) is 15.1. The summed E-state index contributed by atoms with van der Waals surface area (Å²) in [6.07, 6.45) is 0.627. The van der Waals surface area contributed by atoms with Crippen LogP contribution >= 0.6 is 11.8 Å². The van der Waals surface area contributed by atoms with Crippen LogP contribution in [-0.4, -0.2) is 48.8 Å². The zero-order valence-electron chi connectivity index (χ0n) is 18.8. The number of hydrogen-bond donors (Lipinski definition) is 2. The average molecular weight is 470 g/mol. The Morgan fingerprint density at radius 3 is 2.45 bits per heavy atom. The topological polar surface area (TPSA) is 106 Å². The van der Waals surface area contributed by atoms with Crippen LogP contribution in [0, 0.1) is 6.92 Å². The van der Waals surface area contributed by atoms with Gasteiger partial charge in [-0.25, -0.2) is 4.99 Å². The van der Waals surface area contributed by atoms with Gasteiger partial charge < -0.3 is 20.1 Å². The van der Waals surface area contributed by atoms with Gasteiger partial charge in [0, 0.05) is 18.7 Å². The molecule has 0 aromatic heterocycles. The van der Waals surface area contributed by atoms with Gasteiger partial charge in [-0.15, -0.1) is 0 Å². The molecule has 1 aliphatic rings. The van der Waals surface area contributed by atoms with Crippen LogP contribution in [0.1, 0.15) is 24.0 Å². The van der Waals surface area contributed by atoms with Crippen LogP contribution in [0.15, 0.2) is 47.5 Å². The number of benzene rings is 2. The third kappa shape index (κ3) is 7.08. The summed E-state index contributed by atoms with van der Waals surface area (Å²) < 4.78 is 10.5. The lowest BCUT2D eigenvalue weighted by molar-refractivity contribution is -0.124. The molecule has 2 aromatic carbocycles. The Labute approximate surface area is 197 Å². The quantitative estimate of drug-likeness (QED) is 0.554. The second-order valence-electron chi connectivity index (χ2n) is 7.53. The Balaban J connectivity index is 1.41. The second-order valence-corrected chi connectivity index (χ2v) is 8.81. The SMILES string of the molecule is COc1ccc(CCNC(=O)CC2SC(CC(=O)Nc3ccc(C)cc3)=NC2=O)cc1OC. The van der Waals surface area contributed by atoms with E-state index in [1.54, 1.807) is 14.2 Å². The number of nitrogens with one attached hydrogen (secondary N) is 2. The largest absolute Gasteiger partial charge is 0.493 e. The summed E-state index contributed by atoms with van der Waals surface area (Å²) in [6.45, 7) is 2.39. The molecule has 1 unspecified atom stereocenters. The monoisotopic (exact) mass is 469 g/mol. The minimum Gasteiger partial charge on any atom is -0.493 e. The third-order valence-electron chi connectivity index (χ3n) is 4.99. The molecule has 0 saturated heterocycles. The first-order valence-electron chi connectivity index (χ1n) is 10.5. The summed E-state index contributed by atoms with van der Waals surface area (Å²) in [5, 5.41) is 5.44. The van der Waals surface area contributed by atoms with Gasteiger partial charge in [0.25, 0.3) is 5.91 Å². The van der Waals surface area contributed by atoms with E-state index in [-0.39, 0.29) is 30.6 Å². The molecule has 1 heterocycles. The molecule has 1 atom stereocenters. The summed E-state index contributed by atoms with van der Waals surface area (Å²) in [6, 6.07) is 13.0. The van der Waals surface area contributed by atoms with Crippen LogP contribution in [-0.2, 0) is 20.8 Å². The van der Waals surface area contributed by atoms with Crippen LogP contribution in [0.3, 0.4) is 0 Å². The molecule has 0 spiro atoms. The van der Waals surface area contributed by atoms with Gasteiger partial charge in [-0.3, -0.25) is 14.4 Å². The van der Waals surface area contributed by atoms with Crippen molar-refractivity contribution in [2.75, 3.05) is 26.1 Å². The van der Waals surface area contributed by atoms with E-state index in [1.165, 1.54) is 11.8 Å². The fourth-order valence-electron chi connectivity index (χ4n) is 3.25. The summed E-state index contributed by atoms with van der Waals surface area (Å²) in [4.78, 5) is 40.7. The Bertz CT molecular complexity index is 1050. The summed E-state index contributed by atoms with van der Waals surface area (Å²) in [5.74, 6) is 0.406. The van der Waals surface area contributed by atoms with Crippen LogP contribution in [0.5, 0.6) is 11.5 Å². The number of aliphatic imine (C=N–C) groups is 1. The minimum absolute atomic E-state index is 0.00169. The van der Waals surface area contributed by atoms with Crippen LogP contribution in [0.4, 0.5) is 5.69 Å². The predicted octanol–water partition coefficient (Wildman–Crippen LogP) is 3.13. The molecule has 2 aromatic rings. The van der Waals surface area contributed by atoms with E-state index >= 15 is 0 Å². The Morgan fingerprint density at radius 2 is 1.76 bits per heavy atom. The van der Waals surface area contributed by atoms with Gasteiger partial charge >= 0.3 is 0 Å². The fraction of sp³-hybridized carbons (Fsp3) is 0.333. The molecule has 9 heteroatoms. The number of carbonyl (C=O) groups excluding carboxylic acids is 3. The molecule has 2 N–H and O–H groups in total. The number of hydrogen-bond acceptors (Lipinski definition) is 6. The number of nitrogens with zero attached hydrogens (tertiary/aromatic N) is 1. The van der Waals surface area contributed by atoms with E-state index in [4.69, 9.17) is 9.47 Å². The van der Waals surface area contributed by atoms with E-state index in [0.717, 1.165) is 11.1 Å². The van der Waals surface area contributed by atoms with Gasteiger partial charge in [-0.1, -0.05) is 35.5 Å². The number of thioether (sulfide) groups is 1. The number of anilines is 1. The first-order valence-corrected chi connectivity index (χ1v) is 11.4. The highest BCUT2D eigenvalue weighted by Gasteiger charge is 2.31.